The summed E-state index contributed by atoms with van der Waals surface area (Å²) in [5.74, 6) is 0.129. The molecule has 2 aliphatic rings. The average Bonchev–Trinajstić information content (AvgIpc) is 3.04. The SMILES string of the molecule is COc1cnc(NC(=O)C2CCC(CN3C(=O)c4ccc(Cl)cc4NC(=O)[C@H]3Cc3ccccn3)CC2)cn1. The van der Waals surface area contributed by atoms with Crippen LogP contribution < -0.4 is 15.4 Å². The Labute approximate surface area is 231 Å². The number of benzene rings is 1. The fourth-order valence-corrected chi connectivity index (χ4v) is 5.36. The first-order valence-corrected chi connectivity index (χ1v) is 13.3. The lowest BCUT2D eigenvalue weighted by atomic mass is 9.81. The van der Waals surface area contributed by atoms with Gasteiger partial charge in [0.05, 0.1) is 30.8 Å². The third-order valence-electron chi connectivity index (χ3n) is 7.30. The fourth-order valence-electron chi connectivity index (χ4n) is 5.19. The van der Waals surface area contributed by atoms with E-state index >= 15 is 0 Å². The molecule has 10 nitrogen and oxygen atoms in total. The predicted octanol–water partition coefficient (Wildman–Crippen LogP) is 3.98. The lowest BCUT2D eigenvalue weighted by Crippen LogP contribution is -2.49. The van der Waals surface area contributed by atoms with Gasteiger partial charge in [0.15, 0.2) is 5.82 Å². The van der Waals surface area contributed by atoms with Crippen molar-refractivity contribution in [2.75, 3.05) is 24.3 Å². The van der Waals surface area contributed by atoms with Gasteiger partial charge in [0.25, 0.3) is 5.91 Å². The summed E-state index contributed by atoms with van der Waals surface area (Å²) in [4.78, 5) is 54.3. The molecule has 39 heavy (non-hydrogen) atoms. The highest BCUT2D eigenvalue weighted by Crippen LogP contribution is 2.33. The van der Waals surface area contributed by atoms with Crippen molar-refractivity contribution >= 4 is 40.8 Å². The summed E-state index contributed by atoms with van der Waals surface area (Å²) in [5.41, 5.74) is 1.54. The van der Waals surface area contributed by atoms with E-state index < -0.39 is 6.04 Å². The van der Waals surface area contributed by atoms with Gasteiger partial charge in [-0.3, -0.25) is 19.4 Å². The molecule has 1 aliphatic heterocycles. The molecule has 3 heterocycles. The largest absolute Gasteiger partial charge is 0.480 e. The number of hydrogen-bond acceptors (Lipinski definition) is 7. The van der Waals surface area contributed by atoms with Crippen molar-refractivity contribution in [2.24, 2.45) is 11.8 Å². The lowest BCUT2D eigenvalue weighted by Gasteiger charge is -2.35. The van der Waals surface area contributed by atoms with E-state index in [0.717, 1.165) is 18.5 Å². The molecule has 0 spiro atoms. The van der Waals surface area contributed by atoms with E-state index in [-0.39, 0.29) is 29.6 Å². The normalized spacial score (nSPS) is 21.0. The van der Waals surface area contributed by atoms with Gasteiger partial charge in [-0.05, 0) is 61.9 Å². The Morgan fingerprint density at radius 3 is 2.62 bits per heavy atom. The van der Waals surface area contributed by atoms with Crippen molar-refractivity contribution in [3.8, 4) is 5.88 Å². The van der Waals surface area contributed by atoms with Crippen LogP contribution in [-0.2, 0) is 16.0 Å². The molecular weight excluding hydrogens is 520 g/mol. The summed E-state index contributed by atoms with van der Waals surface area (Å²) < 4.78 is 5.00. The molecule has 0 radical (unpaired) electrons. The third kappa shape index (κ3) is 6.17. The Hall–Kier alpha value is -4.05. The molecule has 3 amide bonds. The molecule has 5 rings (SSSR count). The Morgan fingerprint density at radius 2 is 1.92 bits per heavy atom. The number of ether oxygens (including phenoxy) is 1. The second kappa shape index (κ2) is 11.8. The minimum atomic E-state index is -0.728. The first kappa shape index (κ1) is 26.6. The maximum absolute atomic E-state index is 13.8. The Morgan fingerprint density at radius 1 is 1.10 bits per heavy atom. The van der Waals surface area contributed by atoms with E-state index in [1.54, 1.807) is 29.3 Å². The smallest absolute Gasteiger partial charge is 0.256 e. The van der Waals surface area contributed by atoms with Gasteiger partial charge in [-0.2, -0.15) is 0 Å². The molecule has 1 saturated carbocycles. The van der Waals surface area contributed by atoms with Crippen molar-refractivity contribution in [1.82, 2.24) is 19.9 Å². The molecule has 0 saturated heterocycles. The number of rotatable bonds is 7. The number of methoxy groups -OCH3 is 1. The zero-order valence-corrected chi connectivity index (χ0v) is 22.2. The minimum absolute atomic E-state index is 0.100. The Balaban J connectivity index is 1.28. The van der Waals surface area contributed by atoms with E-state index in [1.165, 1.54) is 19.5 Å². The highest BCUT2D eigenvalue weighted by Gasteiger charge is 2.38. The quantitative estimate of drug-likeness (QED) is 0.457. The maximum Gasteiger partial charge on any atom is 0.256 e. The number of nitrogens with one attached hydrogen (secondary N) is 2. The zero-order valence-electron chi connectivity index (χ0n) is 21.5. The van der Waals surface area contributed by atoms with Crippen LogP contribution in [0, 0.1) is 11.8 Å². The molecule has 1 atom stereocenters. The lowest BCUT2D eigenvalue weighted by molar-refractivity contribution is -0.121. The molecule has 2 aromatic heterocycles. The Bertz CT molecular complexity index is 1350. The number of aromatic nitrogens is 3. The minimum Gasteiger partial charge on any atom is -0.480 e. The molecule has 11 heteroatoms. The van der Waals surface area contributed by atoms with E-state index in [4.69, 9.17) is 16.3 Å². The predicted molar refractivity (Wildman–Crippen MR) is 146 cm³/mol. The molecule has 202 valence electrons. The molecule has 0 unspecified atom stereocenters. The average molecular weight is 549 g/mol. The summed E-state index contributed by atoms with van der Waals surface area (Å²) in [6.45, 7) is 0.407. The molecular formula is C28H29ClN6O4. The molecule has 0 bridgehead atoms. The number of fused-ring (bicyclic) bond motifs is 1. The second-order valence-corrected chi connectivity index (χ2v) is 10.3. The number of amides is 3. The molecule has 1 aliphatic carbocycles. The topological polar surface area (TPSA) is 126 Å². The van der Waals surface area contributed by atoms with Gasteiger partial charge in [0, 0.05) is 35.8 Å². The molecule has 2 N–H and O–H groups in total. The van der Waals surface area contributed by atoms with E-state index in [9.17, 15) is 14.4 Å². The van der Waals surface area contributed by atoms with Crippen molar-refractivity contribution < 1.29 is 19.1 Å². The summed E-state index contributed by atoms with van der Waals surface area (Å²) in [6, 6.07) is 9.70. The van der Waals surface area contributed by atoms with Gasteiger partial charge in [0.1, 0.15) is 6.04 Å². The van der Waals surface area contributed by atoms with Gasteiger partial charge < -0.3 is 20.3 Å². The number of anilines is 2. The van der Waals surface area contributed by atoms with Gasteiger partial charge >= 0.3 is 0 Å². The van der Waals surface area contributed by atoms with Gasteiger partial charge in [-0.15, -0.1) is 0 Å². The highest BCUT2D eigenvalue weighted by molar-refractivity contribution is 6.31. The summed E-state index contributed by atoms with van der Waals surface area (Å²) in [6.07, 6.45) is 7.73. The van der Waals surface area contributed by atoms with Crippen molar-refractivity contribution in [3.05, 3.63) is 71.3 Å². The second-order valence-electron chi connectivity index (χ2n) is 9.83. The Kier molecular flexibility index (Phi) is 8.02. The van der Waals surface area contributed by atoms with Gasteiger partial charge in [0.2, 0.25) is 17.7 Å². The monoisotopic (exact) mass is 548 g/mol. The van der Waals surface area contributed by atoms with Crippen molar-refractivity contribution in [1.29, 1.82) is 0 Å². The van der Waals surface area contributed by atoms with Crippen LogP contribution in [0.4, 0.5) is 11.5 Å². The number of halogens is 1. The third-order valence-corrected chi connectivity index (χ3v) is 7.53. The number of hydrogen-bond donors (Lipinski definition) is 2. The van der Waals surface area contributed by atoms with Crippen LogP contribution in [0.5, 0.6) is 5.88 Å². The number of carbonyl (C=O) groups excluding carboxylic acids is 3. The number of nitrogens with zero attached hydrogens (tertiary/aromatic N) is 4. The van der Waals surface area contributed by atoms with Crippen LogP contribution >= 0.6 is 11.6 Å². The first-order valence-electron chi connectivity index (χ1n) is 12.9. The standard InChI is InChI=1S/C28H29ClN6O4/c1-39-25-15-31-24(14-32-25)34-26(36)18-7-5-17(6-8-18)16-35-23(13-20-4-2-3-11-30-20)27(37)33-22-12-19(29)9-10-21(22)28(35)38/h2-4,9-12,14-15,17-18,23H,5-8,13,16H2,1H3,(H,33,37)(H,31,34,36)/t17?,18?,23-/m1/s1. The van der Waals surface area contributed by atoms with Gasteiger partial charge in [-0.1, -0.05) is 17.7 Å². The summed E-state index contributed by atoms with van der Waals surface area (Å²) in [5, 5.41) is 6.16. The fraction of sp³-hybridized carbons (Fsp3) is 0.357. The van der Waals surface area contributed by atoms with Crippen LogP contribution in [0.3, 0.4) is 0 Å². The van der Waals surface area contributed by atoms with Crippen LogP contribution in [0.15, 0.2) is 55.0 Å². The van der Waals surface area contributed by atoms with Crippen molar-refractivity contribution in [2.45, 2.75) is 38.1 Å². The summed E-state index contributed by atoms with van der Waals surface area (Å²) in [7, 11) is 1.50. The number of pyridine rings is 1. The molecule has 1 fully saturated rings. The maximum atomic E-state index is 13.8. The molecule has 3 aromatic rings. The van der Waals surface area contributed by atoms with E-state index in [0.29, 0.717) is 53.8 Å². The van der Waals surface area contributed by atoms with Crippen LogP contribution in [0.1, 0.15) is 41.7 Å². The van der Waals surface area contributed by atoms with Crippen LogP contribution in [-0.4, -0.2) is 57.3 Å². The first-order chi connectivity index (χ1) is 18.9. The van der Waals surface area contributed by atoms with Gasteiger partial charge in [-0.25, -0.2) is 9.97 Å². The van der Waals surface area contributed by atoms with Crippen LogP contribution in [0.25, 0.3) is 0 Å². The van der Waals surface area contributed by atoms with Crippen LogP contribution in [0.2, 0.25) is 5.02 Å². The van der Waals surface area contributed by atoms with E-state index in [1.807, 2.05) is 18.2 Å². The number of carbonyl (C=O) groups is 3. The summed E-state index contributed by atoms with van der Waals surface area (Å²) >= 11 is 6.16. The highest BCUT2D eigenvalue weighted by atomic mass is 35.5. The molecule has 1 aromatic carbocycles. The van der Waals surface area contributed by atoms with E-state index in [2.05, 4.69) is 25.6 Å². The van der Waals surface area contributed by atoms with Crippen molar-refractivity contribution in [3.63, 3.8) is 0 Å². The zero-order chi connectivity index (χ0) is 27.4.